The van der Waals surface area contributed by atoms with E-state index in [0.717, 1.165) is 79.6 Å². The van der Waals surface area contributed by atoms with Crippen LogP contribution in [0.15, 0.2) is 95.9 Å². The Bertz CT molecular complexity index is 5110. The molecule has 1 saturated carbocycles. The zero-order chi connectivity index (χ0) is 89.3. The van der Waals surface area contributed by atoms with E-state index in [2.05, 4.69) is 73.6 Å². The van der Waals surface area contributed by atoms with Crippen LogP contribution in [-0.4, -0.2) is 213 Å². The first kappa shape index (κ1) is 91.4. The highest BCUT2D eigenvalue weighted by atomic mass is 35.5. The minimum absolute atomic E-state index is 0.000610. The van der Waals surface area contributed by atoms with E-state index in [1.54, 1.807) is 6.92 Å². The second-order valence-electron chi connectivity index (χ2n) is 33.2. The zero-order valence-electron chi connectivity index (χ0n) is 68.0. The fourth-order valence-electron chi connectivity index (χ4n) is 16.2. The fraction of sp³-hybridized carbons (Fsp3) is 0.482. The van der Waals surface area contributed by atoms with E-state index in [1.165, 1.54) is 42.9 Å². The molecule has 1 aromatic heterocycles. The van der Waals surface area contributed by atoms with Gasteiger partial charge in [0.05, 0.1) is 41.3 Å². The van der Waals surface area contributed by atoms with Gasteiger partial charge in [-0.05, 0) is 153 Å². The summed E-state index contributed by atoms with van der Waals surface area (Å²) < 4.78 is 40.7. The maximum absolute atomic E-state index is 16.2. The molecule has 40 heteroatoms. The number of phenolic OH excluding ortho intramolecular Hbond substituents is 3. The Morgan fingerprint density at radius 1 is 0.724 bits per heavy atom. The van der Waals surface area contributed by atoms with Crippen molar-refractivity contribution < 1.29 is 123 Å². The van der Waals surface area contributed by atoms with Crippen LogP contribution in [0, 0.1) is 23.2 Å². The number of carbonyl (C=O) groups excluding carboxylic acids is 8. The first-order valence-electron chi connectivity index (χ1n) is 39.9. The number of hydrogen-bond donors (Lipinski definition) is 20. The number of halogens is 2. The molecule has 662 valence electrons. The van der Waals surface area contributed by atoms with Crippen LogP contribution >= 0.6 is 23.2 Å². The van der Waals surface area contributed by atoms with Gasteiger partial charge in [-0.3, -0.25) is 42.9 Å². The number of rotatable bonds is 19. The Balaban J connectivity index is 0.983. The number of nitrogens with one attached hydrogen (secondary N) is 9. The number of likely N-dealkylation sites (N-methyl/N-ethyl adjacent to an activating group) is 1. The Morgan fingerprint density at radius 2 is 1.35 bits per heavy atom. The minimum Gasteiger partial charge on any atom is -0.508 e. The number of aliphatic hydroxyl groups excluding tert-OH is 6. The molecule has 3 fully saturated rings. The summed E-state index contributed by atoms with van der Waals surface area (Å²) in [5.74, 6) is -16.3. The standard InChI is InChI=1S/C83H100Cl2N12O26/c1-34(2)23-47(87-8)73(109)95-63-65(103)38-12-17-51(45(84)25-38)119-53-27-40-28-54(69(53)123-80-70(68(106)67(105)55(33-98)121-80)122-58-32-83(7,71(107)35(3)118-58)88-20-22-97-21-19-57(91-81(97)117)90-72(108)36-9-14-41(15-10-36)82(4,5)6)120-52-18-13-39(26-46(52)85)66(104)64-78(114)94-62(79(115)116)44-29-42(99)30-50(101)59(44)43-24-37(11-16-49(43)100)60(75(111)96-64)93-76(112)61(40)92-74(110)48(31-56(86)102)89-77(63)113/h11-13,16-19,21,24-30,34-36,41,47-48,55,58,60-68,70-71,80,87-88,98-101,103-107H,9-10,14-15,20,22-23,31-33H2,1-8H3,(H2,86,102)(H,89,113)(H,92,110)(H,93,112)(H,94,114)(H,95,109)(H,96,111)(H,115,116)(H,90,91,108,117)/t35?,36?,41?,47-,48-,55-,58-,60-,61?,62+,63+,64+,65+,66+,67+,68+,70+,71-,80?,83?/m0/s1. The monoisotopic (exact) mass is 1750 g/mol. The lowest BCUT2D eigenvalue weighted by Gasteiger charge is -2.48. The molecule has 11 bridgehead atoms. The summed E-state index contributed by atoms with van der Waals surface area (Å²) in [7, 11) is 1.47. The van der Waals surface area contributed by atoms with Crippen LogP contribution in [0.5, 0.6) is 46.0 Å². The molecular weight excluding hydrogens is 1650 g/mol. The lowest BCUT2D eigenvalue weighted by atomic mass is 9.70. The zero-order valence-corrected chi connectivity index (χ0v) is 69.5. The number of fused-ring (bicyclic) bond motifs is 15. The van der Waals surface area contributed by atoms with Gasteiger partial charge in [-0.25, -0.2) is 9.59 Å². The van der Waals surface area contributed by atoms with Crippen LogP contribution in [0.25, 0.3) is 11.1 Å². The molecule has 0 radical (unpaired) electrons. The average molecular weight is 1750 g/mol. The summed E-state index contributed by atoms with van der Waals surface area (Å²) >= 11 is 14.3. The predicted octanol–water partition coefficient (Wildman–Crippen LogP) is 2.79. The van der Waals surface area contributed by atoms with E-state index >= 15 is 14.4 Å². The Labute approximate surface area is 713 Å². The summed E-state index contributed by atoms with van der Waals surface area (Å²) in [6, 6.07) is 0.525. The largest absolute Gasteiger partial charge is 0.508 e. The molecule has 8 heterocycles. The Morgan fingerprint density at radius 3 is 1.95 bits per heavy atom. The summed E-state index contributed by atoms with van der Waals surface area (Å²) in [5, 5.41) is 139. The van der Waals surface area contributed by atoms with E-state index in [9.17, 15) is 84.6 Å². The number of hydrogen-bond acceptors (Lipinski definition) is 28. The molecule has 18 atom stereocenters. The second-order valence-corrected chi connectivity index (χ2v) is 34.1. The number of carboxylic acids is 1. The molecule has 123 heavy (non-hydrogen) atoms. The second kappa shape index (κ2) is 37.7. The third-order valence-corrected chi connectivity index (χ3v) is 23.7. The predicted molar refractivity (Wildman–Crippen MR) is 435 cm³/mol. The topological polar surface area (TPSA) is 580 Å². The van der Waals surface area contributed by atoms with Gasteiger partial charge in [0.1, 0.15) is 95.3 Å². The fourth-order valence-corrected chi connectivity index (χ4v) is 16.7. The van der Waals surface area contributed by atoms with Gasteiger partial charge in [0.15, 0.2) is 29.9 Å². The van der Waals surface area contributed by atoms with Crippen LogP contribution < -0.4 is 73.5 Å². The number of aliphatic hydroxyl groups is 6. The van der Waals surface area contributed by atoms with Gasteiger partial charge in [0, 0.05) is 59.9 Å². The van der Waals surface area contributed by atoms with Gasteiger partial charge in [-0.2, -0.15) is 4.98 Å². The van der Waals surface area contributed by atoms with Crippen LogP contribution in [-0.2, 0) is 63.9 Å². The molecule has 38 nitrogen and oxygen atoms in total. The van der Waals surface area contributed by atoms with Crippen LogP contribution in [0.2, 0.25) is 10.0 Å². The number of primary amides is 1. The molecule has 4 unspecified atom stereocenters. The summed E-state index contributed by atoms with van der Waals surface area (Å²) in [6.45, 7) is 12.3. The minimum atomic E-state index is -2.39. The van der Waals surface area contributed by atoms with Crippen molar-refractivity contribution in [1.29, 1.82) is 0 Å². The number of aromatic nitrogens is 2. The van der Waals surface area contributed by atoms with Gasteiger partial charge < -0.3 is 133 Å². The van der Waals surface area contributed by atoms with Crippen LogP contribution in [0.4, 0.5) is 5.82 Å². The molecule has 7 aliphatic heterocycles. The van der Waals surface area contributed by atoms with Crippen molar-refractivity contribution in [2.75, 3.05) is 25.5 Å². The lowest BCUT2D eigenvalue weighted by molar-refractivity contribution is -0.334. The molecule has 2 saturated heterocycles. The summed E-state index contributed by atoms with van der Waals surface area (Å²) in [6.07, 6.45) is -14.8. The van der Waals surface area contributed by atoms with E-state index in [4.69, 9.17) is 57.4 Å². The highest BCUT2D eigenvalue weighted by Crippen LogP contribution is 2.51. The summed E-state index contributed by atoms with van der Waals surface area (Å²) in [5.41, 5.74) is 0.857. The molecule has 5 aromatic carbocycles. The summed E-state index contributed by atoms with van der Waals surface area (Å²) in [4.78, 5) is 149. The number of carbonyl (C=O) groups is 9. The van der Waals surface area contributed by atoms with Crippen molar-refractivity contribution in [3.05, 3.63) is 139 Å². The normalized spacial score (nSPS) is 28.3. The highest BCUT2D eigenvalue weighted by molar-refractivity contribution is 6.32. The number of ether oxygens (including phenoxy) is 6. The molecule has 1 aliphatic carbocycles. The Hall–Kier alpha value is -10.8. The van der Waals surface area contributed by atoms with Crippen molar-refractivity contribution in [2.24, 2.45) is 28.9 Å². The number of anilines is 1. The van der Waals surface area contributed by atoms with Gasteiger partial charge >= 0.3 is 11.7 Å². The average Bonchev–Trinajstić information content (AvgIpc) is 0.765. The number of phenols is 3. The maximum atomic E-state index is 16.2. The molecule has 0 spiro atoms. The van der Waals surface area contributed by atoms with Crippen molar-refractivity contribution in [3.63, 3.8) is 0 Å². The third kappa shape index (κ3) is 20.3. The molecule has 8 aliphatic rings. The number of nitrogens with zero attached hydrogens (tertiary/aromatic N) is 2. The highest BCUT2D eigenvalue weighted by Gasteiger charge is 2.53. The van der Waals surface area contributed by atoms with Gasteiger partial charge in [-0.1, -0.05) is 76.0 Å². The van der Waals surface area contributed by atoms with Gasteiger partial charge in [0.2, 0.25) is 59.3 Å². The van der Waals surface area contributed by atoms with E-state index in [0.29, 0.717) is 18.8 Å². The van der Waals surface area contributed by atoms with Crippen molar-refractivity contribution >= 4 is 82.2 Å². The number of amides is 8. The van der Waals surface area contributed by atoms with Gasteiger partial charge in [0.25, 0.3) is 0 Å². The van der Waals surface area contributed by atoms with E-state index in [-0.39, 0.29) is 82.4 Å². The number of aliphatic carboxylic acids is 1. The van der Waals surface area contributed by atoms with Crippen molar-refractivity contribution in [2.45, 2.75) is 209 Å². The molecule has 8 amide bonds. The smallest absolute Gasteiger partial charge is 0.349 e. The number of nitrogens with two attached hydrogens (primary N) is 1. The Kier molecular flexibility index (Phi) is 28.0. The third-order valence-electron chi connectivity index (χ3n) is 23.1. The van der Waals surface area contributed by atoms with E-state index < -0.39 is 243 Å². The van der Waals surface area contributed by atoms with Crippen LogP contribution in [0.3, 0.4) is 0 Å². The first-order valence-corrected chi connectivity index (χ1v) is 40.7. The molecule has 21 N–H and O–H groups in total. The first-order chi connectivity index (χ1) is 58.1. The molecule has 6 aromatic rings. The van der Waals surface area contributed by atoms with Gasteiger partial charge in [-0.15, -0.1) is 0 Å². The molecular formula is C83H100Cl2N12O26. The molecule has 14 rings (SSSR count). The number of aromatic hydroxyl groups is 3. The van der Waals surface area contributed by atoms with Crippen molar-refractivity contribution in [1.82, 2.24) is 52.1 Å². The van der Waals surface area contributed by atoms with E-state index in [1.807, 2.05) is 13.8 Å². The number of carboxylic acid groups (broad SMARTS) is 1. The number of benzene rings is 5. The van der Waals surface area contributed by atoms with Crippen molar-refractivity contribution in [3.8, 4) is 57.1 Å². The SMILES string of the molecule is CN[C@@H](CC(C)C)C(=O)N[C@H]1C(=O)N[C@@H](CC(N)=O)C(=O)NC2C(=O)N[C@@H]3C(=O)N[C@@H](C(=O)N[C@@H](C(=O)O)c4cc(O)cc(O)c4-c4cc3ccc4O)[C@H](O)c3ccc(c(Cl)c3)Oc3cc2cc(c3OC2O[C@@H](CO)[C@@H](O)[C@@H](O)[C@H]2O[C@H]2CC(C)(NCCn3ccc(NC(=O)C4CCC(C(C)(C)C)CC4)nc3=O)[C@@H](O)C(C)O2)Oc2ccc(cc2Cl)[C@H]1O. The quantitative estimate of drug-likeness (QED) is 0.0554. The lowest BCUT2D eigenvalue weighted by Crippen LogP contribution is -2.65. The maximum Gasteiger partial charge on any atom is 0.349 e. The van der Waals surface area contributed by atoms with Crippen LogP contribution in [0.1, 0.15) is 152 Å².